The van der Waals surface area contributed by atoms with Gasteiger partial charge in [-0.05, 0) is 66.8 Å². The SMILES string of the molecule is O=C([C@H]1C[C@](c2ccc(C(O)(C(F)(F)F)C(F)(F)F)cc2)(S(=O)(=O)c2ccc(F)cc2)C1)N1CCC(c2ccncc2)C1. The third-order valence-corrected chi connectivity index (χ3v) is 11.0. The first kappa shape index (κ1) is 30.9. The lowest BCUT2D eigenvalue weighted by Gasteiger charge is -2.47. The van der Waals surface area contributed by atoms with Crippen molar-refractivity contribution in [2.75, 3.05) is 13.1 Å². The fourth-order valence-corrected chi connectivity index (χ4v) is 8.22. The van der Waals surface area contributed by atoms with E-state index in [0.717, 1.165) is 42.0 Å². The van der Waals surface area contributed by atoms with Crippen LogP contribution in [0.4, 0.5) is 30.7 Å². The molecule has 1 saturated heterocycles. The molecule has 1 saturated carbocycles. The number of benzene rings is 2. The standard InChI is InChI=1S/C29H25F7N2O4S/c30-23-5-7-24(8-6-23)43(41,42)26(21-1-3-22(4-2-21)27(40,28(31,32)33)29(34,35)36)15-20(16-26)25(39)38-14-11-19(17-38)18-9-12-37-13-10-18/h1-10,12-13,19-20,40H,11,14-17H2/t19?,20-,26-. The van der Waals surface area contributed by atoms with Crippen molar-refractivity contribution in [1.29, 1.82) is 0 Å². The average molecular weight is 631 g/mol. The van der Waals surface area contributed by atoms with Gasteiger partial charge in [0, 0.05) is 42.9 Å². The molecule has 2 fully saturated rings. The molecule has 2 heterocycles. The van der Waals surface area contributed by atoms with Gasteiger partial charge in [-0.3, -0.25) is 9.78 Å². The lowest BCUT2D eigenvalue weighted by atomic mass is 9.69. The second-order valence-corrected chi connectivity index (χ2v) is 13.2. The number of alkyl halides is 6. The molecule has 2 aliphatic rings. The summed E-state index contributed by atoms with van der Waals surface area (Å²) in [7, 11) is -4.43. The van der Waals surface area contributed by atoms with Crippen molar-refractivity contribution in [2.45, 2.75) is 52.8 Å². The molecule has 3 aromatic rings. The summed E-state index contributed by atoms with van der Waals surface area (Å²) in [6.07, 6.45) is -8.91. The summed E-state index contributed by atoms with van der Waals surface area (Å²) >= 11 is 0. The Morgan fingerprint density at radius 2 is 1.44 bits per heavy atom. The highest BCUT2D eigenvalue weighted by molar-refractivity contribution is 7.92. The number of carbonyl (C=O) groups excluding carboxylic acids is 1. The van der Waals surface area contributed by atoms with Crippen molar-refractivity contribution in [2.24, 2.45) is 5.92 Å². The fourth-order valence-electron chi connectivity index (χ4n) is 5.99. The average Bonchev–Trinajstić information content (AvgIpc) is 3.42. The Morgan fingerprint density at radius 1 is 0.884 bits per heavy atom. The number of aliphatic hydroxyl groups is 1. The van der Waals surface area contributed by atoms with Gasteiger partial charge in [-0.25, -0.2) is 12.8 Å². The van der Waals surface area contributed by atoms with Crippen molar-refractivity contribution in [3.63, 3.8) is 0 Å². The second kappa shape index (κ2) is 10.6. The highest BCUT2D eigenvalue weighted by Gasteiger charge is 2.71. The number of hydrogen-bond donors (Lipinski definition) is 1. The van der Waals surface area contributed by atoms with Crippen LogP contribution >= 0.6 is 0 Å². The van der Waals surface area contributed by atoms with E-state index in [1.165, 1.54) is 0 Å². The Balaban J connectivity index is 1.47. The zero-order valence-corrected chi connectivity index (χ0v) is 23.1. The number of sulfone groups is 1. The number of carbonyl (C=O) groups is 1. The Hall–Kier alpha value is -3.52. The van der Waals surface area contributed by atoms with Crippen LogP contribution in [-0.2, 0) is 25.0 Å². The van der Waals surface area contributed by atoms with Gasteiger partial charge >= 0.3 is 12.4 Å². The van der Waals surface area contributed by atoms with Gasteiger partial charge in [0.15, 0.2) is 9.84 Å². The highest BCUT2D eigenvalue weighted by Crippen LogP contribution is 2.56. The first-order valence-corrected chi connectivity index (χ1v) is 14.7. The zero-order valence-electron chi connectivity index (χ0n) is 22.2. The minimum absolute atomic E-state index is 0.0493. The quantitative estimate of drug-likeness (QED) is 0.282. The number of pyridine rings is 1. The van der Waals surface area contributed by atoms with E-state index in [1.807, 2.05) is 12.1 Å². The highest BCUT2D eigenvalue weighted by atomic mass is 32.2. The predicted octanol–water partition coefficient (Wildman–Crippen LogP) is 5.63. The predicted molar refractivity (Wildman–Crippen MR) is 139 cm³/mol. The van der Waals surface area contributed by atoms with Gasteiger partial charge in [-0.15, -0.1) is 0 Å². The second-order valence-electron chi connectivity index (χ2n) is 10.9. The number of likely N-dealkylation sites (tertiary alicyclic amines) is 1. The summed E-state index contributed by atoms with van der Waals surface area (Å²) in [5.74, 6) is -1.79. The zero-order chi connectivity index (χ0) is 31.4. The van der Waals surface area contributed by atoms with Crippen LogP contribution in [0.15, 0.2) is 78.0 Å². The molecule has 43 heavy (non-hydrogen) atoms. The minimum Gasteiger partial charge on any atom is -0.369 e. The third-order valence-electron chi connectivity index (χ3n) is 8.47. The van der Waals surface area contributed by atoms with Crippen LogP contribution in [0.5, 0.6) is 0 Å². The number of halogens is 7. The molecule has 230 valence electrons. The van der Waals surface area contributed by atoms with E-state index in [1.54, 1.807) is 17.3 Å². The van der Waals surface area contributed by atoms with Gasteiger partial charge in [0.1, 0.15) is 10.6 Å². The first-order valence-electron chi connectivity index (χ1n) is 13.2. The van der Waals surface area contributed by atoms with E-state index in [-0.39, 0.29) is 35.1 Å². The molecular weight excluding hydrogens is 605 g/mol. The summed E-state index contributed by atoms with van der Waals surface area (Å²) in [4.78, 5) is 18.7. The largest absolute Gasteiger partial charge is 0.430 e. The van der Waals surface area contributed by atoms with Crippen LogP contribution in [0.3, 0.4) is 0 Å². The monoisotopic (exact) mass is 630 g/mol. The summed E-state index contributed by atoms with van der Waals surface area (Å²) in [5, 5.41) is 9.77. The van der Waals surface area contributed by atoms with E-state index in [4.69, 9.17) is 0 Å². The fraction of sp³-hybridized carbons (Fsp3) is 0.379. The van der Waals surface area contributed by atoms with Gasteiger partial charge in [0.2, 0.25) is 5.91 Å². The molecule has 1 aliphatic carbocycles. The molecule has 0 bridgehead atoms. The van der Waals surface area contributed by atoms with Crippen molar-refractivity contribution in [1.82, 2.24) is 9.88 Å². The number of nitrogens with zero attached hydrogens (tertiary/aromatic N) is 2. The number of aromatic nitrogens is 1. The Labute approximate surface area is 242 Å². The molecule has 2 aromatic carbocycles. The van der Waals surface area contributed by atoms with Crippen LogP contribution < -0.4 is 0 Å². The van der Waals surface area contributed by atoms with Crippen molar-refractivity contribution >= 4 is 15.7 Å². The maximum Gasteiger partial charge on any atom is 0.430 e. The van der Waals surface area contributed by atoms with Crippen LogP contribution in [-0.4, -0.2) is 54.8 Å². The summed E-state index contributed by atoms with van der Waals surface area (Å²) in [6.45, 7) is 0.807. The summed E-state index contributed by atoms with van der Waals surface area (Å²) in [5.41, 5.74) is -5.91. The van der Waals surface area contributed by atoms with Gasteiger partial charge in [-0.2, -0.15) is 26.3 Å². The molecule has 1 atom stereocenters. The van der Waals surface area contributed by atoms with Gasteiger partial charge in [-0.1, -0.05) is 24.3 Å². The number of amides is 1. The van der Waals surface area contributed by atoms with Crippen molar-refractivity contribution in [3.05, 3.63) is 95.6 Å². The Kier molecular flexibility index (Phi) is 7.61. The van der Waals surface area contributed by atoms with Gasteiger partial charge in [0.05, 0.1) is 4.90 Å². The summed E-state index contributed by atoms with van der Waals surface area (Å²) < 4.78 is 120. The molecule has 1 aliphatic heterocycles. The van der Waals surface area contributed by atoms with E-state index in [9.17, 15) is 49.1 Å². The molecule has 6 nitrogen and oxygen atoms in total. The molecule has 14 heteroatoms. The molecule has 0 spiro atoms. The normalized spacial score (nSPS) is 23.2. The van der Waals surface area contributed by atoms with Crippen LogP contribution in [0.2, 0.25) is 0 Å². The molecule has 5 rings (SSSR count). The lowest BCUT2D eigenvalue weighted by molar-refractivity contribution is -0.376. The maximum absolute atomic E-state index is 13.9. The smallest absolute Gasteiger partial charge is 0.369 e. The van der Waals surface area contributed by atoms with E-state index >= 15 is 0 Å². The molecule has 0 radical (unpaired) electrons. The van der Waals surface area contributed by atoms with E-state index in [0.29, 0.717) is 31.6 Å². The van der Waals surface area contributed by atoms with Crippen LogP contribution in [0, 0.1) is 11.7 Å². The van der Waals surface area contributed by atoms with Crippen molar-refractivity contribution < 1.29 is 49.1 Å². The number of hydrogen-bond acceptors (Lipinski definition) is 5. The van der Waals surface area contributed by atoms with Gasteiger partial charge < -0.3 is 10.0 Å². The third kappa shape index (κ3) is 5.07. The minimum atomic E-state index is -6.12. The Morgan fingerprint density at radius 3 is 1.98 bits per heavy atom. The molecular formula is C29H25F7N2O4S. The van der Waals surface area contributed by atoms with Crippen LogP contribution in [0.1, 0.15) is 41.9 Å². The number of rotatable bonds is 6. The topological polar surface area (TPSA) is 87.6 Å². The molecule has 1 aromatic heterocycles. The maximum atomic E-state index is 13.9. The molecule has 1 N–H and O–H groups in total. The Bertz CT molecular complexity index is 1570. The summed E-state index contributed by atoms with van der Waals surface area (Å²) in [6, 6.07) is 9.82. The van der Waals surface area contributed by atoms with E-state index in [2.05, 4.69) is 4.98 Å². The van der Waals surface area contributed by atoms with E-state index < -0.39 is 49.8 Å². The van der Waals surface area contributed by atoms with Gasteiger partial charge in [0.25, 0.3) is 5.60 Å². The molecule has 1 unspecified atom stereocenters. The van der Waals surface area contributed by atoms with Crippen molar-refractivity contribution in [3.8, 4) is 0 Å². The van der Waals surface area contributed by atoms with Crippen LogP contribution in [0.25, 0.3) is 0 Å². The lowest BCUT2D eigenvalue weighted by Crippen LogP contribution is -2.54. The molecule has 1 amide bonds. The first-order chi connectivity index (χ1) is 20.0.